The molecule has 0 N–H and O–H groups in total. The van der Waals surface area contributed by atoms with Crippen LogP contribution >= 0.6 is 0 Å². The zero-order chi connectivity index (χ0) is 8.44. The van der Waals surface area contributed by atoms with Crippen molar-refractivity contribution in [3.8, 4) is 0 Å². The second kappa shape index (κ2) is 3.53. The maximum Gasteiger partial charge on any atom is 0.0535 e. The van der Waals surface area contributed by atoms with Gasteiger partial charge in [-0.2, -0.15) is 0 Å². The molecule has 2 fully saturated rings. The number of hydrogen-bond donors (Lipinski definition) is 0. The molecule has 1 heterocycles. The molecule has 0 aromatic heterocycles. The van der Waals surface area contributed by atoms with Gasteiger partial charge >= 0.3 is 0 Å². The maximum absolute atomic E-state index is 2.69. The summed E-state index contributed by atoms with van der Waals surface area (Å²) >= 11 is 0. The second-order valence-corrected chi connectivity index (χ2v) is 10.3. The van der Waals surface area contributed by atoms with Crippen molar-refractivity contribution in [1.82, 2.24) is 0 Å². The molecule has 0 bridgehead atoms. The summed E-state index contributed by atoms with van der Waals surface area (Å²) in [5.41, 5.74) is 1.23. The fourth-order valence-corrected chi connectivity index (χ4v) is 8.37. The Bertz CT molecular complexity index is 141. The first-order chi connectivity index (χ1) is 5.81. The van der Waals surface area contributed by atoms with Gasteiger partial charge in [-0.3, -0.25) is 0 Å². The first-order valence-electron chi connectivity index (χ1n) is 5.81. The molecule has 0 radical (unpaired) electrons. The molecule has 0 aromatic carbocycles. The van der Waals surface area contributed by atoms with Gasteiger partial charge in [0.05, 0.1) is 8.07 Å². The van der Waals surface area contributed by atoms with Gasteiger partial charge in [0, 0.05) is 0 Å². The average molecular weight is 182 g/mol. The lowest BCUT2D eigenvalue weighted by Crippen LogP contribution is -2.33. The minimum Gasteiger partial charge on any atom is -0.0689 e. The van der Waals surface area contributed by atoms with E-state index >= 15 is 0 Å². The third kappa shape index (κ3) is 1.61. The van der Waals surface area contributed by atoms with Crippen LogP contribution in [-0.2, 0) is 0 Å². The van der Waals surface area contributed by atoms with Gasteiger partial charge in [0.25, 0.3) is 0 Å². The lowest BCUT2D eigenvalue weighted by Gasteiger charge is -2.35. The van der Waals surface area contributed by atoms with Crippen LogP contribution in [0.15, 0.2) is 0 Å². The van der Waals surface area contributed by atoms with Crippen molar-refractivity contribution >= 4 is 8.07 Å². The summed E-state index contributed by atoms with van der Waals surface area (Å²) in [5, 5.41) is 0. The minimum absolute atomic E-state index is 0.685. The van der Waals surface area contributed by atoms with Crippen molar-refractivity contribution in [2.75, 3.05) is 0 Å². The van der Waals surface area contributed by atoms with Crippen molar-refractivity contribution in [3.63, 3.8) is 0 Å². The molecule has 0 spiro atoms. The highest BCUT2D eigenvalue weighted by atomic mass is 28.3. The van der Waals surface area contributed by atoms with E-state index in [1.54, 1.807) is 50.6 Å². The van der Waals surface area contributed by atoms with Crippen molar-refractivity contribution < 1.29 is 0 Å². The van der Waals surface area contributed by atoms with Gasteiger partial charge in [-0.05, 0) is 5.54 Å². The molecule has 0 nitrogen and oxygen atoms in total. The molecular formula is C11H22Si. The molecule has 12 heavy (non-hydrogen) atoms. The molecule has 2 rings (SSSR count). The van der Waals surface area contributed by atoms with E-state index in [0.717, 1.165) is 0 Å². The molecule has 0 aromatic rings. The van der Waals surface area contributed by atoms with Gasteiger partial charge in [0.1, 0.15) is 0 Å². The van der Waals surface area contributed by atoms with E-state index in [4.69, 9.17) is 0 Å². The van der Waals surface area contributed by atoms with Gasteiger partial charge in [0.15, 0.2) is 0 Å². The standard InChI is InChI=1S/C11H22Si/c1-12(9-5-6-10-12)11-7-3-2-4-8-11/h11H,2-10H2,1H3. The summed E-state index contributed by atoms with van der Waals surface area (Å²) in [6.07, 6.45) is 11.0. The van der Waals surface area contributed by atoms with Gasteiger partial charge in [-0.1, -0.05) is 63.6 Å². The van der Waals surface area contributed by atoms with Crippen LogP contribution in [0.3, 0.4) is 0 Å². The first-order valence-corrected chi connectivity index (χ1v) is 8.80. The quantitative estimate of drug-likeness (QED) is 0.533. The smallest absolute Gasteiger partial charge is 0.0535 e. The van der Waals surface area contributed by atoms with Crippen LogP contribution in [0.25, 0.3) is 0 Å². The van der Waals surface area contributed by atoms with Crippen molar-refractivity contribution in [2.24, 2.45) is 0 Å². The molecular weight excluding hydrogens is 160 g/mol. The zero-order valence-corrected chi connectivity index (χ0v) is 9.44. The molecule has 1 aliphatic carbocycles. The molecule has 0 atom stereocenters. The van der Waals surface area contributed by atoms with Gasteiger partial charge in [-0.15, -0.1) is 0 Å². The first kappa shape index (κ1) is 8.80. The fraction of sp³-hybridized carbons (Fsp3) is 1.00. The van der Waals surface area contributed by atoms with E-state index in [1.807, 2.05) is 0 Å². The predicted octanol–water partition coefficient (Wildman–Crippen LogP) is 4.19. The summed E-state index contributed by atoms with van der Waals surface area (Å²) in [5.74, 6) is 0. The predicted molar refractivity (Wildman–Crippen MR) is 57.3 cm³/mol. The molecule has 70 valence electrons. The van der Waals surface area contributed by atoms with Gasteiger partial charge in [-0.25, -0.2) is 0 Å². The fourth-order valence-electron chi connectivity index (χ4n) is 3.39. The Morgan fingerprint density at radius 3 is 2.00 bits per heavy atom. The van der Waals surface area contributed by atoms with Crippen LogP contribution in [0.1, 0.15) is 44.9 Å². The average Bonchev–Trinajstić information content (AvgIpc) is 2.55. The second-order valence-electron chi connectivity index (χ2n) is 5.20. The van der Waals surface area contributed by atoms with E-state index < -0.39 is 8.07 Å². The van der Waals surface area contributed by atoms with Crippen molar-refractivity contribution in [1.29, 1.82) is 0 Å². The SMILES string of the molecule is C[Si]1(C2CCCCC2)CCCC1. The van der Waals surface area contributed by atoms with Crippen LogP contribution in [0.5, 0.6) is 0 Å². The highest BCUT2D eigenvalue weighted by Gasteiger charge is 2.38. The Hall–Kier alpha value is 0.217. The Balaban J connectivity index is 1.96. The Morgan fingerprint density at radius 2 is 1.42 bits per heavy atom. The van der Waals surface area contributed by atoms with E-state index in [1.165, 1.54) is 12.0 Å². The summed E-state index contributed by atoms with van der Waals surface area (Å²) in [7, 11) is -0.685. The van der Waals surface area contributed by atoms with Gasteiger partial charge < -0.3 is 0 Å². The summed E-state index contributed by atoms with van der Waals surface area (Å²) in [6, 6.07) is 3.33. The van der Waals surface area contributed by atoms with Crippen LogP contribution < -0.4 is 0 Å². The molecule has 1 saturated heterocycles. The summed E-state index contributed by atoms with van der Waals surface area (Å²) in [6.45, 7) is 2.69. The van der Waals surface area contributed by atoms with E-state index in [-0.39, 0.29) is 0 Å². The van der Waals surface area contributed by atoms with E-state index in [9.17, 15) is 0 Å². The zero-order valence-electron chi connectivity index (χ0n) is 8.44. The molecule has 1 aliphatic heterocycles. The van der Waals surface area contributed by atoms with Crippen LogP contribution in [0.2, 0.25) is 24.2 Å². The topological polar surface area (TPSA) is 0 Å². The molecule has 0 unspecified atom stereocenters. The number of rotatable bonds is 1. The van der Waals surface area contributed by atoms with Gasteiger partial charge in [0.2, 0.25) is 0 Å². The third-order valence-electron chi connectivity index (χ3n) is 4.34. The Labute approximate surface area is 77.8 Å². The molecule has 0 amide bonds. The molecule has 2 aliphatic rings. The summed E-state index contributed by atoms with van der Waals surface area (Å²) in [4.78, 5) is 0. The van der Waals surface area contributed by atoms with Crippen molar-refractivity contribution in [2.45, 2.75) is 69.1 Å². The Morgan fingerprint density at radius 1 is 0.833 bits per heavy atom. The highest BCUT2D eigenvalue weighted by molar-refractivity contribution is 6.80. The lowest BCUT2D eigenvalue weighted by atomic mass is 10.0. The minimum atomic E-state index is -0.685. The third-order valence-corrected chi connectivity index (χ3v) is 9.88. The van der Waals surface area contributed by atoms with Crippen molar-refractivity contribution in [3.05, 3.63) is 0 Å². The van der Waals surface area contributed by atoms with Crippen LogP contribution in [0, 0.1) is 0 Å². The lowest BCUT2D eigenvalue weighted by molar-refractivity contribution is 0.491. The van der Waals surface area contributed by atoms with Crippen LogP contribution in [-0.4, -0.2) is 8.07 Å². The monoisotopic (exact) mass is 182 g/mol. The Kier molecular flexibility index (Phi) is 2.59. The molecule has 1 saturated carbocycles. The molecule has 1 heteroatoms. The van der Waals surface area contributed by atoms with E-state index in [2.05, 4.69) is 6.55 Å². The largest absolute Gasteiger partial charge is 0.0689 e. The normalized spacial score (nSPS) is 30.8. The number of hydrogen-bond acceptors (Lipinski definition) is 0. The van der Waals surface area contributed by atoms with Crippen LogP contribution in [0.4, 0.5) is 0 Å². The highest BCUT2D eigenvalue weighted by Crippen LogP contribution is 2.45. The maximum atomic E-state index is 2.69. The summed E-state index contributed by atoms with van der Waals surface area (Å²) < 4.78 is 0. The van der Waals surface area contributed by atoms with E-state index in [0.29, 0.717) is 0 Å².